The molecule has 2 bridgehead atoms. The summed E-state index contributed by atoms with van der Waals surface area (Å²) in [4.78, 5) is 2.30. The zero-order valence-electron chi connectivity index (χ0n) is 11.1. The molecule has 3 rings (SSSR count). The van der Waals surface area contributed by atoms with E-state index in [1.165, 1.54) is 18.2 Å². The van der Waals surface area contributed by atoms with Crippen LogP contribution in [0.5, 0.6) is 0 Å². The number of rotatable bonds is 2. The molecule has 2 aliphatic rings. The number of fused-ring (bicyclic) bond motifs is 2. The van der Waals surface area contributed by atoms with Crippen molar-refractivity contribution < 1.29 is 13.9 Å². The molecule has 2 heterocycles. The van der Waals surface area contributed by atoms with Gasteiger partial charge in [-0.1, -0.05) is 6.07 Å². The van der Waals surface area contributed by atoms with Gasteiger partial charge in [0.1, 0.15) is 11.6 Å². The molecule has 1 aromatic rings. The molecule has 104 valence electrons. The van der Waals surface area contributed by atoms with Crippen LogP contribution in [0.15, 0.2) is 18.2 Å². The van der Waals surface area contributed by atoms with E-state index in [2.05, 4.69) is 11.9 Å². The molecule has 0 spiro atoms. The van der Waals surface area contributed by atoms with E-state index in [0.717, 1.165) is 12.8 Å². The van der Waals surface area contributed by atoms with Gasteiger partial charge in [-0.15, -0.1) is 0 Å². The second-order valence-corrected chi connectivity index (χ2v) is 6.06. The van der Waals surface area contributed by atoms with Crippen LogP contribution in [-0.4, -0.2) is 34.7 Å². The lowest BCUT2D eigenvalue weighted by Gasteiger charge is -2.42. The molecule has 1 N–H and O–H groups in total. The zero-order chi connectivity index (χ0) is 13.6. The van der Waals surface area contributed by atoms with Crippen molar-refractivity contribution in [2.45, 2.75) is 49.8 Å². The first kappa shape index (κ1) is 13.0. The minimum absolute atomic E-state index is 0.0222. The van der Waals surface area contributed by atoms with E-state index in [4.69, 9.17) is 0 Å². The summed E-state index contributed by atoms with van der Waals surface area (Å²) in [7, 11) is 2.07. The van der Waals surface area contributed by atoms with Crippen molar-refractivity contribution in [1.29, 1.82) is 0 Å². The highest BCUT2D eigenvalue weighted by Gasteiger charge is 2.46. The van der Waals surface area contributed by atoms with Crippen molar-refractivity contribution in [3.8, 4) is 0 Å². The van der Waals surface area contributed by atoms with Crippen LogP contribution in [-0.2, 0) is 6.42 Å². The third-order valence-corrected chi connectivity index (χ3v) is 4.78. The Morgan fingerprint density at radius 1 is 1.21 bits per heavy atom. The molecule has 4 heteroatoms. The lowest BCUT2D eigenvalue weighted by atomic mass is 9.81. The predicted octanol–water partition coefficient (Wildman–Crippen LogP) is 2.50. The summed E-state index contributed by atoms with van der Waals surface area (Å²) in [6.07, 6.45) is 3.43. The number of piperidine rings is 1. The summed E-state index contributed by atoms with van der Waals surface area (Å²) in [5.74, 6) is -1.11. The van der Waals surface area contributed by atoms with Crippen molar-refractivity contribution in [2.75, 3.05) is 7.05 Å². The molecule has 2 atom stereocenters. The summed E-state index contributed by atoms with van der Waals surface area (Å²) < 4.78 is 27.4. The van der Waals surface area contributed by atoms with Crippen LogP contribution in [0.4, 0.5) is 8.78 Å². The molecule has 2 unspecified atom stereocenters. The Balaban J connectivity index is 1.83. The van der Waals surface area contributed by atoms with Crippen LogP contribution in [0.3, 0.4) is 0 Å². The smallest absolute Gasteiger partial charge is 0.129 e. The highest BCUT2D eigenvalue weighted by Crippen LogP contribution is 2.41. The molecule has 0 amide bonds. The minimum Gasteiger partial charge on any atom is -0.389 e. The molecule has 0 radical (unpaired) electrons. The van der Waals surface area contributed by atoms with Gasteiger partial charge in [-0.25, -0.2) is 8.78 Å². The minimum atomic E-state index is -0.971. The van der Waals surface area contributed by atoms with Crippen molar-refractivity contribution >= 4 is 0 Å². The molecule has 0 aromatic heterocycles. The monoisotopic (exact) mass is 267 g/mol. The lowest BCUT2D eigenvalue weighted by molar-refractivity contribution is -0.0447. The van der Waals surface area contributed by atoms with Gasteiger partial charge in [0.15, 0.2) is 0 Å². The predicted molar refractivity (Wildman–Crippen MR) is 68.8 cm³/mol. The largest absolute Gasteiger partial charge is 0.389 e. The van der Waals surface area contributed by atoms with E-state index >= 15 is 0 Å². The fraction of sp³-hybridized carbons (Fsp3) is 0.600. The van der Waals surface area contributed by atoms with Gasteiger partial charge < -0.3 is 10.0 Å². The Bertz CT molecular complexity index is 457. The Morgan fingerprint density at radius 3 is 2.26 bits per heavy atom. The number of aliphatic hydroxyl groups is 1. The van der Waals surface area contributed by atoms with Crippen molar-refractivity contribution in [2.24, 2.45) is 0 Å². The van der Waals surface area contributed by atoms with Crippen LogP contribution in [0.2, 0.25) is 0 Å². The van der Waals surface area contributed by atoms with Gasteiger partial charge in [0.2, 0.25) is 0 Å². The normalized spacial score (nSPS) is 34.7. The molecule has 2 aliphatic heterocycles. The first-order valence-electron chi connectivity index (χ1n) is 6.86. The maximum absolute atomic E-state index is 13.7. The van der Waals surface area contributed by atoms with Gasteiger partial charge >= 0.3 is 0 Å². The van der Waals surface area contributed by atoms with Crippen LogP contribution < -0.4 is 0 Å². The van der Waals surface area contributed by atoms with Gasteiger partial charge in [0.25, 0.3) is 0 Å². The molecule has 2 nitrogen and oxygen atoms in total. The van der Waals surface area contributed by atoms with Gasteiger partial charge in [0.05, 0.1) is 5.60 Å². The zero-order valence-corrected chi connectivity index (χ0v) is 11.1. The molecule has 19 heavy (non-hydrogen) atoms. The van der Waals surface area contributed by atoms with E-state index in [0.29, 0.717) is 24.9 Å². The summed E-state index contributed by atoms with van der Waals surface area (Å²) >= 11 is 0. The number of nitrogens with zero attached hydrogens (tertiary/aromatic N) is 1. The standard InChI is InChI=1S/C15H19F2NO/c1-18-10-5-6-11(18)8-15(19,7-10)9-12-13(16)3-2-4-14(12)17/h2-4,10-11,19H,5-9H2,1H3. The van der Waals surface area contributed by atoms with E-state index in [-0.39, 0.29) is 12.0 Å². The molecule has 0 aliphatic carbocycles. The number of hydrogen-bond donors (Lipinski definition) is 1. The SMILES string of the molecule is CN1C2CCC1CC(O)(Cc1c(F)cccc1F)C2. The van der Waals surface area contributed by atoms with Crippen LogP contribution in [0.25, 0.3) is 0 Å². The summed E-state index contributed by atoms with van der Waals surface area (Å²) in [5, 5.41) is 10.7. The first-order valence-corrected chi connectivity index (χ1v) is 6.86. The van der Waals surface area contributed by atoms with Crippen molar-refractivity contribution in [3.63, 3.8) is 0 Å². The average Bonchev–Trinajstić information content (AvgIpc) is 2.59. The van der Waals surface area contributed by atoms with E-state index in [9.17, 15) is 13.9 Å². The topological polar surface area (TPSA) is 23.5 Å². The second kappa shape index (κ2) is 4.53. The maximum Gasteiger partial charge on any atom is 0.129 e. The second-order valence-electron chi connectivity index (χ2n) is 6.06. The van der Waals surface area contributed by atoms with E-state index < -0.39 is 17.2 Å². The quantitative estimate of drug-likeness (QED) is 0.890. The van der Waals surface area contributed by atoms with E-state index in [1.807, 2.05) is 0 Å². The Kier molecular flexibility index (Phi) is 3.10. The molecule has 2 fully saturated rings. The van der Waals surface area contributed by atoms with Crippen molar-refractivity contribution in [3.05, 3.63) is 35.4 Å². The lowest BCUT2D eigenvalue weighted by Crippen LogP contribution is -2.50. The Hall–Kier alpha value is -1.00. The molecule has 0 saturated carbocycles. The van der Waals surface area contributed by atoms with Crippen molar-refractivity contribution in [1.82, 2.24) is 4.90 Å². The van der Waals surface area contributed by atoms with Crippen LogP contribution >= 0.6 is 0 Å². The number of hydrogen-bond acceptors (Lipinski definition) is 2. The molecule has 2 saturated heterocycles. The highest BCUT2D eigenvalue weighted by molar-refractivity contribution is 5.22. The molecular weight excluding hydrogens is 248 g/mol. The van der Waals surface area contributed by atoms with Gasteiger partial charge in [-0.3, -0.25) is 0 Å². The Morgan fingerprint density at radius 2 is 1.74 bits per heavy atom. The Labute approximate surface area is 112 Å². The van der Waals surface area contributed by atoms with Crippen LogP contribution in [0.1, 0.15) is 31.2 Å². The van der Waals surface area contributed by atoms with Gasteiger partial charge in [-0.05, 0) is 44.9 Å². The third kappa shape index (κ3) is 2.28. The van der Waals surface area contributed by atoms with Crippen LogP contribution in [0, 0.1) is 11.6 Å². The fourth-order valence-electron chi connectivity index (χ4n) is 3.72. The molecular formula is C15H19F2NO. The van der Waals surface area contributed by atoms with Gasteiger partial charge in [-0.2, -0.15) is 0 Å². The summed E-state index contributed by atoms with van der Waals surface area (Å²) in [6, 6.07) is 4.56. The fourth-order valence-corrected chi connectivity index (χ4v) is 3.72. The summed E-state index contributed by atoms with van der Waals surface area (Å²) in [5.41, 5.74) is -0.949. The number of halogens is 2. The van der Waals surface area contributed by atoms with Gasteiger partial charge in [0, 0.05) is 24.1 Å². The van der Waals surface area contributed by atoms with E-state index in [1.54, 1.807) is 0 Å². The first-order chi connectivity index (χ1) is 8.98. The summed E-state index contributed by atoms with van der Waals surface area (Å²) in [6.45, 7) is 0. The number of benzene rings is 1. The highest BCUT2D eigenvalue weighted by atomic mass is 19.1. The third-order valence-electron chi connectivity index (χ3n) is 4.78. The maximum atomic E-state index is 13.7. The molecule has 1 aromatic carbocycles. The average molecular weight is 267 g/mol.